The Balaban J connectivity index is 1.69. The molecule has 0 unspecified atom stereocenters. The molecule has 0 saturated carbocycles. The molecule has 1 aromatic heterocycles. The van der Waals surface area contributed by atoms with Crippen molar-refractivity contribution in [3.63, 3.8) is 0 Å². The zero-order chi connectivity index (χ0) is 21.8. The fourth-order valence-corrected chi connectivity index (χ4v) is 3.25. The van der Waals surface area contributed by atoms with E-state index < -0.39 is 11.8 Å². The number of aromatic nitrogens is 1. The van der Waals surface area contributed by atoms with Gasteiger partial charge in [-0.3, -0.25) is 9.59 Å². The molecule has 0 aliphatic heterocycles. The van der Waals surface area contributed by atoms with Gasteiger partial charge in [0.15, 0.2) is 0 Å². The molecule has 0 aliphatic rings. The third-order valence-electron chi connectivity index (χ3n) is 4.77. The molecule has 0 spiro atoms. The highest BCUT2D eigenvalue weighted by molar-refractivity contribution is 6.39. The molecular formula is C23H23ClN4O2. The summed E-state index contributed by atoms with van der Waals surface area (Å²) in [6.07, 6.45) is 1.52. The molecule has 2 amide bonds. The van der Waals surface area contributed by atoms with Crippen molar-refractivity contribution < 1.29 is 9.59 Å². The van der Waals surface area contributed by atoms with Gasteiger partial charge in [-0.2, -0.15) is 5.10 Å². The van der Waals surface area contributed by atoms with Crippen molar-refractivity contribution in [2.45, 2.75) is 27.7 Å². The number of rotatable bonds is 4. The van der Waals surface area contributed by atoms with Crippen LogP contribution in [0.5, 0.6) is 0 Å². The molecule has 7 heteroatoms. The first-order valence-electron chi connectivity index (χ1n) is 9.43. The maximum Gasteiger partial charge on any atom is 0.329 e. The highest BCUT2D eigenvalue weighted by Crippen LogP contribution is 2.24. The van der Waals surface area contributed by atoms with Gasteiger partial charge in [0.1, 0.15) is 0 Å². The van der Waals surface area contributed by atoms with E-state index in [2.05, 4.69) is 20.4 Å². The maximum atomic E-state index is 12.0. The fourth-order valence-electron chi connectivity index (χ4n) is 3.07. The van der Waals surface area contributed by atoms with Crippen molar-refractivity contribution in [3.8, 4) is 5.69 Å². The molecule has 1 heterocycles. The summed E-state index contributed by atoms with van der Waals surface area (Å²) in [7, 11) is 0. The number of carbonyl (C=O) groups excluding carboxylic acids is 2. The number of amides is 2. The Morgan fingerprint density at radius 1 is 0.967 bits per heavy atom. The molecule has 0 atom stereocenters. The first kappa shape index (κ1) is 21.3. The molecule has 3 rings (SSSR count). The van der Waals surface area contributed by atoms with E-state index in [-0.39, 0.29) is 0 Å². The Kier molecular flexibility index (Phi) is 6.37. The lowest BCUT2D eigenvalue weighted by molar-refractivity contribution is -0.136. The topological polar surface area (TPSA) is 75.5 Å². The summed E-state index contributed by atoms with van der Waals surface area (Å²) in [5.74, 6) is -1.62. The van der Waals surface area contributed by atoms with Crippen LogP contribution in [-0.2, 0) is 9.59 Å². The Morgan fingerprint density at radius 2 is 1.67 bits per heavy atom. The largest absolute Gasteiger partial charge is 0.329 e. The highest BCUT2D eigenvalue weighted by atomic mass is 35.5. The van der Waals surface area contributed by atoms with Crippen molar-refractivity contribution in [1.29, 1.82) is 0 Å². The average Bonchev–Trinajstić information content (AvgIpc) is 2.99. The number of nitrogens with one attached hydrogen (secondary N) is 2. The number of carbonyl (C=O) groups is 2. The average molecular weight is 423 g/mol. The van der Waals surface area contributed by atoms with E-state index in [4.69, 9.17) is 11.6 Å². The third-order valence-corrected chi connectivity index (χ3v) is 5.18. The molecule has 0 aliphatic carbocycles. The van der Waals surface area contributed by atoms with Gasteiger partial charge < -0.3 is 9.88 Å². The van der Waals surface area contributed by atoms with Gasteiger partial charge >= 0.3 is 11.8 Å². The molecule has 3 aromatic rings. The summed E-state index contributed by atoms with van der Waals surface area (Å²) in [5.41, 5.74) is 8.59. The Morgan fingerprint density at radius 3 is 2.33 bits per heavy atom. The molecule has 0 saturated heterocycles. The number of anilines is 1. The van der Waals surface area contributed by atoms with Crippen LogP contribution in [0.15, 0.2) is 53.6 Å². The SMILES string of the molecule is Cc1ccc(NC(=O)C(=O)N/N=C\c2cc(C)n(-c3ccc(C)c(Cl)c3)c2C)cc1. The molecule has 0 radical (unpaired) electrons. The Labute approximate surface area is 180 Å². The van der Waals surface area contributed by atoms with E-state index in [9.17, 15) is 9.59 Å². The highest BCUT2D eigenvalue weighted by Gasteiger charge is 2.14. The molecule has 154 valence electrons. The summed E-state index contributed by atoms with van der Waals surface area (Å²) in [6, 6.07) is 15.0. The van der Waals surface area contributed by atoms with Crippen LogP contribution >= 0.6 is 11.6 Å². The van der Waals surface area contributed by atoms with E-state index in [1.807, 2.05) is 64.1 Å². The standard InChI is InChI=1S/C23H23ClN4O2/c1-14-5-8-19(9-6-14)26-22(29)23(30)27-25-13-18-11-16(3)28(17(18)4)20-10-7-15(2)21(24)12-20/h5-13H,1-4H3,(H,26,29)(H,27,30)/b25-13-. The third kappa shape index (κ3) is 4.78. The molecule has 2 N–H and O–H groups in total. The summed E-state index contributed by atoms with van der Waals surface area (Å²) < 4.78 is 2.05. The summed E-state index contributed by atoms with van der Waals surface area (Å²) in [5, 5.41) is 7.16. The van der Waals surface area contributed by atoms with Gasteiger partial charge in [0.2, 0.25) is 0 Å². The van der Waals surface area contributed by atoms with E-state index in [1.54, 1.807) is 12.1 Å². The van der Waals surface area contributed by atoms with Gasteiger partial charge in [-0.1, -0.05) is 35.4 Å². The van der Waals surface area contributed by atoms with Gasteiger partial charge in [0.25, 0.3) is 0 Å². The van der Waals surface area contributed by atoms with Gasteiger partial charge in [0, 0.05) is 33.3 Å². The second-order valence-electron chi connectivity index (χ2n) is 7.11. The van der Waals surface area contributed by atoms with Crippen LogP contribution in [0, 0.1) is 27.7 Å². The van der Waals surface area contributed by atoms with Gasteiger partial charge in [-0.15, -0.1) is 0 Å². The second-order valence-corrected chi connectivity index (χ2v) is 7.52. The molecule has 30 heavy (non-hydrogen) atoms. The zero-order valence-corrected chi connectivity index (χ0v) is 18.0. The summed E-state index contributed by atoms with van der Waals surface area (Å²) in [4.78, 5) is 24.0. The lowest BCUT2D eigenvalue weighted by Crippen LogP contribution is -2.32. The van der Waals surface area contributed by atoms with E-state index in [0.29, 0.717) is 10.7 Å². The number of halogens is 1. The van der Waals surface area contributed by atoms with Crippen molar-refractivity contribution in [2.24, 2.45) is 5.10 Å². The number of hydrazone groups is 1. The number of benzene rings is 2. The van der Waals surface area contributed by atoms with E-state index in [0.717, 1.165) is 33.8 Å². The minimum Gasteiger partial charge on any atom is -0.318 e. The van der Waals surface area contributed by atoms with Gasteiger partial charge in [-0.25, -0.2) is 5.43 Å². The molecular weight excluding hydrogens is 400 g/mol. The van der Waals surface area contributed by atoms with Crippen LogP contribution in [0.1, 0.15) is 28.1 Å². The first-order valence-corrected chi connectivity index (χ1v) is 9.80. The van der Waals surface area contributed by atoms with Gasteiger partial charge in [-0.05, 0) is 63.6 Å². The van der Waals surface area contributed by atoms with E-state index in [1.165, 1.54) is 6.21 Å². The molecule has 6 nitrogen and oxygen atoms in total. The monoisotopic (exact) mass is 422 g/mol. The molecule has 2 aromatic carbocycles. The summed E-state index contributed by atoms with van der Waals surface area (Å²) >= 11 is 6.26. The van der Waals surface area contributed by atoms with E-state index >= 15 is 0 Å². The smallest absolute Gasteiger partial charge is 0.318 e. The predicted octanol–water partition coefficient (Wildman–Crippen LogP) is 4.45. The fraction of sp³-hybridized carbons (Fsp3) is 0.174. The van der Waals surface area contributed by atoms with Crippen LogP contribution in [-0.4, -0.2) is 22.6 Å². The normalized spacial score (nSPS) is 11.0. The number of hydrogen-bond donors (Lipinski definition) is 2. The van der Waals surface area contributed by atoms with Crippen molar-refractivity contribution >= 4 is 35.3 Å². The van der Waals surface area contributed by atoms with Crippen molar-refractivity contribution in [2.75, 3.05) is 5.32 Å². The van der Waals surface area contributed by atoms with Crippen LogP contribution in [0.3, 0.4) is 0 Å². The number of aryl methyl sites for hydroxylation is 3. The predicted molar refractivity (Wildman–Crippen MR) is 121 cm³/mol. The zero-order valence-electron chi connectivity index (χ0n) is 17.3. The first-order chi connectivity index (χ1) is 14.3. The van der Waals surface area contributed by atoms with Crippen LogP contribution < -0.4 is 10.7 Å². The second kappa shape index (κ2) is 8.97. The minimum atomic E-state index is -0.842. The van der Waals surface area contributed by atoms with Gasteiger partial charge in [0.05, 0.1) is 6.21 Å². The maximum absolute atomic E-state index is 12.0. The minimum absolute atomic E-state index is 0.546. The molecule has 0 fully saturated rings. The number of nitrogens with zero attached hydrogens (tertiary/aromatic N) is 2. The lowest BCUT2D eigenvalue weighted by Gasteiger charge is -2.11. The van der Waals surface area contributed by atoms with Crippen LogP contribution in [0.2, 0.25) is 5.02 Å². The number of hydrogen-bond acceptors (Lipinski definition) is 3. The lowest BCUT2D eigenvalue weighted by atomic mass is 10.2. The van der Waals surface area contributed by atoms with Crippen molar-refractivity contribution in [1.82, 2.24) is 9.99 Å². The Hall–Kier alpha value is -3.38. The van der Waals surface area contributed by atoms with Crippen molar-refractivity contribution in [3.05, 3.63) is 81.6 Å². The Bertz CT molecular complexity index is 1130. The van der Waals surface area contributed by atoms with Crippen LogP contribution in [0.4, 0.5) is 5.69 Å². The van der Waals surface area contributed by atoms with Crippen LogP contribution in [0.25, 0.3) is 5.69 Å². The summed E-state index contributed by atoms with van der Waals surface area (Å²) in [6.45, 7) is 7.83. The molecule has 0 bridgehead atoms. The quantitative estimate of drug-likeness (QED) is 0.370.